The van der Waals surface area contributed by atoms with Crippen LogP contribution in [0.1, 0.15) is 22.3 Å². The first-order valence-corrected chi connectivity index (χ1v) is 9.98. The Morgan fingerprint density at radius 2 is 1.61 bits per heavy atom. The van der Waals surface area contributed by atoms with Crippen LogP contribution in [-0.2, 0) is 29.3 Å². The molecule has 0 aromatic heterocycles. The lowest BCUT2D eigenvalue weighted by Gasteiger charge is -2.07. The number of hydrogen-bond acceptors (Lipinski definition) is 4. The summed E-state index contributed by atoms with van der Waals surface area (Å²) in [6.45, 7) is 1.44. The zero-order chi connectivity index (χ0) is 22.1. The Hall–Kier alpha value is -3.48. The Bertz CT molecular complexity index is 1070. The quantitative estimate of drug-likeness (QED) is 0.280. The minimum absolute atomic E-state index is 0.0560. The van der Waals surface area contributed by atoms with Gasteiger partial charge < -0.3 is 10.1 Å². The van der Waals surface area contributed by atoms with Gasteiger partial charge in [0.15, 0.2) is 0 Å². The smallest absolute Gasteiger partial charge is 0.288 e. The molecule has 158 valence electrons. The number of ether oxygens (including phenoxy) is 1. The molecule has 0 bridgehead atoms. The molecule has 3 aromatic rings. The summed E-state index contributed by atoms with van der Waals surface area (Å²) in [7, 11) is 0. The normalized spacial score (nSPS) is 10.9. The average Bonchev–Trinajstić information content (AvgIpc) is 2.78. The van der Waals surface area contributed by atoms with Crippen LogP contribution in [0.5, 0.6) is 0 Å². The molecule has 7 heteroatoms. The van der Waals surface area contributed by atoms with Crippen molar-refractivity contribution >= 4 is 29.3 Å². The highest BCUT2D eigenvalue weighted by atomic mass is 35.5. The van der Waals surface area contributed by atoms with Crippen molar-refractivity contribution in [2.45, 2.75) is 19.8 Å². The zero-order valence-corrected chi connectivity index (χ0v) is 17.4. The summed E-state index contributed by atoms with van der Waals surface area (Å²) >= 11 is 5.79. The van der Waals surface area contributed by atoms with Gasteiger partial charge in [0.1, 0.15) is 5.02 Å². The summed E-state index contributed by atoms with van der Waals surface area (Å²) in [6.07, 6.45) is 2.84. The number of nitro benzene ring substituents is 1. The summed E-state index contributed by atoms with van der Waals surface area (Å²) in [5, 5.41) is 13.8. The topological polar surface area (TPSA) is 81.5 Å². The molecule has 0 fully saturated rings. The highest BCUT2D eigenvalue weighted by Gasteiger charge is 2.11. The molecule has 0 aliphatic carbocycles. The molecule has 1 N–H and O–H groups in total. The van der Waals surface area contributed by atoms with Crippen LogP contribution in [0.15, 0.2) is 78.9 Å². The fourth-order valence-electron chi connectivity index (χ4n) is 2.81. The summed E-state index contributed by atoms with van der Waals surface area (Å²) < 4.78 is 5.72. The third kappa shape index (κ3) is 7.06. The third-order valence-electron chi connectivity index (χ3n) is 4.46. The van der Waals surface area contributed by atoms with Crippen LogP contribution < -0.4 is 5.32 Å². The van der Waals surface area contributed by atoms with Crippen molar-refractivity contribution in [1.82, 2.24) is 5.32 Å². The number of amides is 1. The number of nitrogens with zero attached hydrogens (tertiary/aromatic N) is 1. The Morgan fingerprint density at radius 3 is 2.29 bits per heavy atom. The van der Waals surface area contributed by atoms with Gasteiger partial charge in [0, 0.05) is 18.7 Å². The maximum atomic E-state index is 12.0. The number of nitrogens with one attached hydrogen (secondary N) is 1. The van der Waals surface area contributed by atoms with E-state index in [1.54, 1.807) is 6.07 Å². The number of rotatable bonds is 9. The van der Waals surface area contributed by atoms with Gasteiger partial charge in [0.2, 0.25) is 5.91 Å². The van der Waals surface area contributed by atoms with Crippen LogP contribution in [0, 0.1) is 10.1 Å². The number of benzene rings is 3. The predicted octanol–water partition coefficient (Wildman–Crippen LogP) is 5.29. The number of halogens is 1. The van der Waals surface area contributed by atoms with E-state index in [2.05, 4.69) is 5.32 Å². The van der Waals surface area contributed by atoms with Gasteiger partial charge in [-0.3, -0.25) is 14.9 Å². The SMILES string of the molecule is O=C(/C=C/c1ccc(Cl)c([N+](=O)[O-])c1)NCc1ccc(COCc2ccccc2)cc1. The monoisotopic (exact) mass is 436 g/mol. The minimum atomic E-state index is -0.559. The number of carbonyl (C=O) groups excluding carboxylic acids is 1. The molecular formula is C24H21ClN2O4. The maximum Gasteiger partial charge on any atom is 0.288 e. The third-order valence-corrected chi connectivity index (χ3v) is 4.78. The van der Waals surface area contributed by atoms with Crippen LogP contribution >= 0.6 is 11.6 Å². The highest BCUT2D eigenvalue weighted by molar-refractivity contribution is 6.32. The first-order chi connectivity index (χ1) is 15.0. The summed E-state index contributed by atoms with van der Waals surface area (Å²) in [5.41, 5.74) is 3.46. The molecule has 0 unspecified atom stereocenters. The van der Waals surface area contributed by atoms with E-state index in [9.17, 15) is 14.9 Å². The second-order valence-corrected chi connectivity index (χ2v) is 7.22. The molecule has 31 heavy (non-hydrogen) atoms. The molecule has 0 radical (unpaired) electrons. The molecule has 3 aromatic carbocycles. The number of hydrogen-bond donors (Lipinski definition) is 1. The molecule has 0 aliphatic heterocycles. The van der Waals surface area contributed by atoms with E-state index >= 15 is 0 Å². The van der Waals surface area contributed by atoms with Crippen molar-refractivity contribution in [2.75, 3.05) is 0 Å². The van der Waals surface area contributed by atoms with E-state index in [1.165, 1.54) is 24.3 Å². The standard InChI is InChI=1S/C24H21ClN2O4/c25-22-12-10-18(14-23(22)27(29)30)11-13-24(28)26-15-19-6-8-21(9-7-19)17-31-16-20-4-2-1-3-5-20/h1-14H,15-17H2,(H,26,28)/b13-11+. The van der Waals surface area contributed by atoms with E-state index in [1.807, 2.05) is 54.6 Å². The Balaban J connectivity index is 1.45. The maximum absolute atomic E-state index is 12.0. The van der Waals surface area contributed by atoms with E-state index in [0.29, 0.717) is 25.3 Å². The van der Waals surface area contributed by atoms with Crippen molar-refractivity contribution in [3.8, 4) is 0 Å². The van der Waals surface area contributed by atoms with Crippen molar-refractivity contribution in [2.24, 2.45) is 0 Å². The van der Waals surface area contributed by atoms with Crippen LogP contribution in [0.4, 0.5) is 5.69 Å². The second-order valence-electron chi connectivity index (χ2n) is 6.81. The summed E-state index contributed by atoms with van der Waals surface area (Å²) in [5.74, 6) is -0.298. The minimum Gasteiger partial charge on any atom is -0.372 e. The molecule has 0 saturated carbocycles. The van der Waals surface area contributed by atoms with Crippen molar-refractivity contribution in [1.29, 1.82) is 0 Å². The lowest BCUT2D eigenvalue weighted by molar-refractivity contribution is -0.384. The lowest BCUT2D eigenvalue weighted by atomic mass is 10.1. The van der Waals surface area contributed by atoms with Gasteiger partial charge in [-0.1, -0.05) is 72.3 Å². The van der Waals surface area contributed by atoms with E-state index in [4.69, 9.17) is 16.3 Å². The first kappa shape index (κ1) is 22.2. The molecule has 0 spiro atoms. The largest absolute Gasteiger partial charge is 0.372 e. The van der Waals surface area contributed by atoms with Gasteiger partial charge in [-0.05, 0) is 34.4 Å². The van der Waals surface area contributed by atoms with Crippen LogP contribution in [0.2, 0.25) is 5.02 Å². The second kappa shape index (κ2) is 11.1. The predicted molar refractivity (Wildman–Crippen MR) is 120 cm³/mol. The van der Waals surface area contributed by atoms with Gasteiger partial charge in [-0.25, -0.2) is 0 Å². The van der Waals surface area contributed by atoms with Crippen LogP contribution in [0.3, 0.4) is 0 Å². The molecule has 0 saturated heterocycles. The number of carbonyl (C=O) groups is 1. The van der Waals surface area contributed by atoms with Gasteiger partial charge in [0.25, 0.3) is 5.69 Å². The lowest BCUT2D eigenvalue weighted by Crippen LogP contribution is -2.20. The van der Waals surface area contributed by atoms with Crippen molar-refractivity contribution in [3.63, 3.8) is 0 Å². The van der Waals surface area contributed by atoms with E-state index < -0.39 is 4.92 Å². The van der Waals surface area contributed by atoms with Crippen LogP contribution in [-0.4, -0.2) is 10.8 Å². The average molecular weight is 437 g/mol. The Kier molecular flexibility index (Phi) is 7.92. The molecule has 6 nitrogen and oxygen atoms in total. The summed E-state index contributed by atoms with van der Waals surface area (Å²) in [6, 6.07) is 22.2. The highest BCUT2D eigenvalue weighted by Crippen LogP contribution is 2.25. The fourth-order valence-corrected chi connectivity index (χ4v) is 2.99. The van der Waals surface area contributed by atoms with Gasteiger partial charge in [0.05, 0.1) is 18.1 Å². The van der Waals surface area contributed by atoms with Gasteiger partial charge >= 0.3 is 0 Å². The molecule has 0 atom stereocenters. The molecular weight excluding hydrogens is 416 g/mol. The molecule has 0 aliphatic rings. The summed E-state index contributed by atoms with van der Waals surface area (Å²) in [4.78, 5) is 22.4. The first-order valence-electron chi connectivity index (χ1n) is 9.60. The molecule has 0 heterocycles. The van der Waals surface area contributed by atoms with E-state index in [-0.39, 0.29) is 16.6 Å². The van der Waals surface area contributed by atoms with Crippen molar-refractivity contribution in [3.05, 3.63) is 116 Å². The van der Waals surface area contributed by atoms with Gasteiger partial charge in [-0.15, -0.1) is 0 Å². The Labute approximate surface area is 185 Å². The molecule has 1 amide bonds. The zero-order valence-electron chi connectivity index (χ0n) is 16.7. The van der Waals surface area contributed by atoms with E-state index in [0.717, 1.165) is 16.7 Å². The Morgan fingerprint density at radius 1 is 0.968 bits per heavy atom. The van der Waals surface area contributed by atoms with Crippen molar-refractivity contribution < 1.29 is 14.5 Å². The fraction of sp³-hybridized carbons (Fsp3) is 0.125. The van der Waals surface area contributed by atoms with Gasteiger partial charge in [-0.2, -0.15) is 0 Å². The number of nitro groups is 1. The molecule has 3 rings (SSSR count). The van der Waals surface area contributed by atoms with Crippen LogP contribution in [0.25, 0.3) is 6.08 Å².